The minimum atomic E-state index is -0.485. The number of nitrogens with zero attached hydrogens (tertiary/aromatic N) is 4. The van der Waals surface area contributed by atoms with Gasteiger partial charge in [-0.25, -0.2) is 9.78 Å². The number of aromatic amines is 1. The highest BCUT2D eigenvalue weighted by Gasteiger charge is 2.30. The third-order valence-corrected chi connectivity index (χ3v) is 7.83. The van der Waals surface area contributed by atoms with Crippen LogP contribution in [0.2, 0.25) is 0 Å². The first-order valence-corrected chi connectivity index (χ1v) is 14.0. The van der Waals surface area contributed by atoms with Gasteiger partial charge in [0.25, 0.3) is 5.56 Å². The Morgan fingerprint density at radius 2 is 1.86 bits per heavy atom. The summed E-state index contributed by atoms with van der Waals surface area (Å²) in [7, 11) is 1.64. The molecule has 3 N–H and O–H groups in total. The third-order valence-electron chi connectivity index (χ3n) is 7.83. The predicted octanol–water partition coefficient (Wildman–Crippen LogP) is 3.39. The number of hydrogen-bond donors (Lipinski definition) is 3. The Balaban J connectivity index is 1.01. The van der Waals surface area contributed by atoms with Crippen molar-refractivity contribution in [1.82, 2.24) is 24.4 Å². The first-order valence-electron chi connectivity index (χ1n) is 14.0. The molecule has 0 saturated carbocycles. The fourth-order valence-corrected chi connectivity index (χ4v) is 5.69. The lowest BCUT2D eigenvalue weighted by Crippen LogP contribution is -2.30. The highest BCUT2D eigenvalue weighted by Crippen LogP contribution is 2.44. The predicted molar refractivity (Wildman–Crippen MR) is 154 cm³/mol. The van der Waals surface area contributed by atoms with Gasteiger partial charge in [0.2, 0.25) is 11.9 Å². The molecule has 2 aromatic heterocycles. The second kappa shape index (κ2) is 11.7. The van der Waals surface area contributed by atoms with Crippen molar-refractivity contribution in [2.45, 2.75) is 43.9 Å². The lowest BCUT2D eigenvalue weighted by atomic mass is 9.98. The number of aliphatic hydroxyl groups is 1. The number of carbonyl (C=O) groups excluding carboxylic acids is 2. The van der Waals surface area contributed by atoms with Gasteiger partial charge in [-0.2, -0.15) is 4.98 Å². The summed E-state index contributed by atoms with van der Waals surface area (Å²) in [6.45, 7) is 0.447. The lowest BCUT2D eigenvalue weighted by molar-refractivity contribution is -0.116. The Bertz CT molecular complexity index is 1640. The van der Waals surface area contributed by atoms with Crippen LogP contribution in [0.4, 0.5) is 10.7 Å². The van der Waals surface area contributed by atoms with Gasteiger partial charge in [-0.05, 0) is 41.5 Å². The Labute approximate surface area is 241 Å². The van der Waals surface area contributed by atoms with Gasteiger partial charge < -0.3 is 19.5 Å². The van der Waals surface area contributed by atoms with Crippen molar-refractivity contribution in [1.29, 1.82) is 0 Å². The number of carbonyl (C=O) groups is 2. The standard InChI is InChI=1S/C30H32N6O6/c1-35(30(40)41-16-23-21-9-4-2-7-19(21)20-8-3-5-10-22(20)23)14-6-11-24(38)32-29-33-27-26(28(39)34-29)31-17-36(27)25-13-12-18(15-37)42-25/h2-5,7-10,17-18,23,25,37H,6,11-16H2,1H3,(H2,32,33,34,38,39)/t18-,25+/m0/s1. The van der Waals surface area contributed by atoms with Gasteiger partial charge in [-0.3, -0.25) is 24.5 Å². The van der Waals surface area contributed by atoms with E-state index in [1.807, 2.05) is 24.3 Å². The molecule has 0 unspecified atom stereocenters. The van der Waals surface area contributed by atoms with Gasteiger partial charge in [-0.15, -0.1) is 0 Å². The number of ether oxygens (including phenoxy) is 2. The van der Waals surface area contributed by atoms with Gasteiger partial charge in [-0.1, -0.05) is 48.5 Å². The van der Waals surface area contributed by atoms with Crippen molar-refractivity contribution in [3.63, 3.8) is 0 Å². The maximum Gasteiger partial charge on any atom is 0.409 e. The van der Waals surface area contributed by atoms with E-state index in [-0.39, 0.29) is 54.7 Å². The molecule has 2 aromatic carbocycles. The minimum absolute atomic E-state index is 0.000783. The summed E-state index contributed by atoms with van der Waals surface area (Å²) in [5.74, 6) is -0.386. The molecule has 1 saturated heterocycles. The van der Waals surface area contributed by atoms with Gasteiger partial charge >= 0.3 is 6.09 Å². The van der Waals surface area contributed by atoms with E-state index in [9.17, 15) is 19.5 Å². The maximum absolute atomic E-state index is 12.7. The molecule has 42 heavy (non-hydrogen) atoms. The Hall–Kier alpha value is -4.55. The number of aromatic nitrogens is 4. The quantitative estimate of drug-likeness (QED) is 0.276. The van der Waals surface area contributed by atoms with Crippen molar-refractivity contribution in [2.75, 3.05) is 32.1 Å². The largest absolute Gasteiger partial charge is 0.448 e. The summed E-state index contributed by atoms with van der Waals surface area (Å²) in [5.41, 5.74) is 4.54. The van der Waals surface area contributed by atoms with Crippen LogP contribution in [0.1, 0.15) is 49.0 Å². The van der Waals surface area contributed by atoms with Crippen LogP contribution < -0.4 is 10.9 Å². The van der Waals surface area contributed by atoms with Crippen LogP contribution in [0.15, 0.2) is 59.7 Å². The number of hydrogen-bond acceptors (Lipinski definition) is 8. The average molecular weight is 573 g/mol. The SMILES string of the molecule is CN(CCCC(=O)Nc1nc2c(ncn2[C@H]2CC[C@@H](CO)O2)c(=O)[nH]1)C(=O)OCC1c2ccccc2-c2ccccc21. The second-order valence-corrected chi connectivity index (χ2v) is 10.6. The van der Waals surface area contributed by atoms with Gasteiger partial charge in [0.15, 0.2) is 11.2 Å². The molecule has 6 rings (SSSR count). The van der Waals surface area contributed by atoms with E-state index in [1.54, 1.807) is 11.6 Å². The summed E-state index contributed by atoms with van der Waals surface area (Å²) in [6, 6.07) is 16.3. The van der Waals surface area contributed by atoms with Crippen molar-refractivity contribution < 1.29 is 24.2 Å². The minimum Gasteiger partial charge on any atom is -0.448 e. The topological polar surface area (TPSA) is 152 Å². The molecule has 3 heterocycles. The molecule has 0 radical (unpaired) electrons. The van der Waals surface area contributed by atoms with E-state index in [1.165, 1.54) is 11.2 Å². The van der Waals surface area contributed by atoms with Crippen molar-refractivity contribution >= 4 is 29.1 Å². The molecular formula is C30H32N6O6. The number of H-pyrrole nitrogens is 1. The monoisotopic (exact) mass is 572 g/mol. The number of imidazole rings is 1. The van der Waals surface area contributed by atoms with E-state index in [2.05, 4.69) is 44.5 Å². The van der Waals surface area contributed by atoms with Crippen LogP contribution in [-0.4, -0.2) is 74.4 Å². The summed E-state index contributed by atoms with van der Waals surface area (Å²) >= 11 is 0. The zero-order chi connectivity index (χ0) is 29.2. The summed E-state index contributed by atoms with van der Waals surface area (Å²) in [4.78, 5) is 50.4. The molecule has 2 aliphatic rings. The van der Waals surface area contributed by atoms with Crippen molar-refractivity contribution in [3.05, 3.63) is 76.3 Å². The highest BCUT2D eigenvalue weighted by molar-refractivity contribution is 5.89. The molecule has 218 valence electrons. The van der Waals surface area contributed by atoms with Gasteiger partial charge in [0.1, 0.15) is 12.8 Å². The molecule has 4 aromatic rings. The Kier molecular flexibility index (Phi) is 7.72. The number of aliphatic hydroxyl groups excluding tert-OH is 1. The molecule has 2 amide bonds. The first-order chi connectivity index (χ1) is 20.4. The molecule has 0 spiro atoms. The summed E-state index contributed by atoms with van der Waals surface area (Å²) < 4.78 is 13.1. The average Bonchev–Trinajstić information content (AvgIpc) is 3.72. The first kappa shape index (κ1) is 27.6. The van der Waals surface area contributed by atoms with Crippen molar-refractivity contribution in [2.24, 2.45) is 0 Å². The van der Waals surface area contributed by atoms with Crippen LogP contribution in [-0.2, 0) is 14.3 Å². The van der Waals surface area contributed by atoms with E-state index < -0.39 is 17.9 Å². The Morgan fingerprint density at radius 1 is 1.14 bits per heavy atom. The van der Waals surface area contributed by atoms with Crippen LogP contribution in [0.5, 0.6) is 0 Å². The summed E-state index contributed by atoms with van der Waals surface area (Å²) in [5, 5.41) is 12.0. The molecule has 2 atom stereocenters. The smallest absolute Gasteiger partial charge is 0.409 e. The van der Waals surface area contributed by atoms with E-state index in [4.69, 9.17) is 9.47 Å². The number of rotatable bonds is 9. The van der Waals surface area contributed by atoms with E-state index in [0.29, 0.717) is 25.8 Å². The molecule has 12 nitrogen and oxygen atoms in total. The zero-order valence-electron chi connectivity index (χ0n) is 23.2. The van der Waals surface area contributed by atoms with Crippen molar-refractivity contribution in [3.8, 4) is 11.1 Å². The molecule has 12 heteroatoms. The van der Waals surface area contributed by atoms with Crippen LogP contribution >= 0.6 is 0 Å². The highest BCUT2D eigenvalue weighted by atomic mass is 16.6. The third kappa shape index (κ3) is 5.38. The van der Waals surface area contributed by atoms with E-state index in [0.717, 1.165) is 22.3 Å². The molecule has 1 aliphatic carbocycles. The molecule has 0 bridgehead atoms. The fourth-order valence-electron chi connectivity index (χ4n) is 5.69. The number of fused-ring (bicyclic) bond motifs is 4. The van der Waals surface area contributed by atoms with Crippen LogP contribution in [0.25, 0.3) is 22.3 Å². The molecule has 1 fully saturated rings. The van der Waals surface area contributed by atoms with Gasteiger partial charge in [0, 0.05) is 25.9 Å². The van der Waals surface area contributed by atoms with Gasteiger partial charge in [0.05, 0.1) is 19.0 Å². The molecular weight excluding hydrogens is 540 g/mol. The van der Waals surface area contributed by atoms with E-state index >= 15 is 0 Å². The van der Waals surface area contributed by atoms with Crippen LogP contribution in [0.3, 0.4) is 0 Å². The number of benzene rings is 2. The number of amides is 2. The molecule has 1 aliphatic heterocycles. The summed E-state index contributed by atoms with van der Waals surface area (Å²) in [6.07, 6.45) is 2.14. The number of anilines is 1. The second-order valence-electron chi connectivity index (χ2n) is 10.6. The number of nitrogens with one attached hydrogen (secondary N) is 2. The van der Waals surface area contributed by atoms with Crippen LogP contribution in [0, 0.1) is 0 Å². The fraction of sp³-hybridized carbons (Fsp3) is 0.367. The normalized spacial score (nSPS) is 17.7. The Morgan fingerprint density at radius 3 is 2.55 bits per heavy atom. The zero-order valence-corrected chi connectivity index (χ0v) is 23.2. The maximum atomic E-state index is 12.7. The lowest BCUT2D eigenvalue weighted by Gasteiger charge is -2.19.